The molecule has 0 aliphatic carbocycles. The third-order valence-corrected chi connectivity index (χ3v) is 3.05. The Morgan fingerprint density at radius 1 is 1.07 bits per heavy atom. The van der Waals surface area contributed by atoms with Gasteiger partial charge in [0.1, 0.15) is 0 Å². The lowest BCUT2D eigenvalue weighted by molar-refractivity contribution is 0.501. The molecule has 0 heterocycles. The number of likely N-dealkylation sites (N-methyl/N-ethyl adjacent to an activating group) is 1. The molecule has 1 aromatic rings. The minimum Gasteiger partial charge on any atom is -0.326 e. The maximum atomic E-state index is 5.97. The molecule has 0 spiro atoms. The third-order valence-electron chi connectivity index (χ3n) is 3.05. The van der Waals surface area contributed by atoms with Gasteiger partial charge in [0.15, 0.2) is 0 Å². The lowest BCUT2D eigenvalue weighted by Crippen LogP contribution is -2.34. The van der Waals surface area contributed by atoms with Gasteiger partial charge >= 0.3 is 0 Å². The summed E-state index contributed by atoms with van der Waals surface area (Å²) in [5.41, 5.74) is 11.3. The van der Waals surface area contributed by atoms with Gasteiger partial charge in [-0.25, -0.2) is 0 Å². The van der Waals surface area contributed by atoms with E-state index in [-0.39, 0.29) is 12.1 Å². The monoisotopic (exact) mass is 206 g/mol. The van der Waals surface area contributed by atoms with Crippen LogP contribution < -0.4 is 11.1 Å². The van der Waals surface area contributed by atoms with Crippen LogP contribution in [0.5, 0.6) is 0 Å². The molecule has 2 atom stereocenters. The predicted octanol–water partition coefficient (Wildman–Crippen LogP) is 2.22. The third kappa shape index (κ3) is 2.58. The van der Waals surface area contributed by atoms with Crippen molar-refractivity contribution in [3.05, 3.63) is 34.4 Å². The Hall–Kier alpha value is -0.860. The average Bonchev–Trinajstić information content (AvgIpc) is 2.14. The molecule has 0 aliphatic rings. The van der Waals surface area contributed by atoms with Crippen LogP contribution >= 0.6 is 0 Å². The molecular formula is C13H22N2. The number of nitrogens with one attached hydrogen (secondary N) is 1. The molecule has 2 unspecified atom stereocenters. The van der Waals surface area contributed by atoms with E-state index >= 15 is 0 Å². The summed E-state index contributed by atoms with van der Waals surface area (Å²) in [5.74, 6) is 0. The molecule has 0 fully saturated rings. The lowest BCUT2D eigenvalue weighted by atomic mass is 9.93. The van der Waals surface area contributed by atoms with E-state index in [9.17, 15) is 0 Å². The Labute approximate surface area is 92.9 Å². The number of rotatable bonds is 3. The summed E-state index contributed by atoms with van der Waals surface area (Å²) < 4.78 is 0. The number of nitrogens with two attached hydrogens (primary N) is 1. The van der Waals surface area contributed by atoms with Crippen molar-refractivity contribution in [1.29, 1.82) is 0 Å². The summed E-state index contributed by atoms with van der Waals surface area (Å²) in [6.45, 7) is 8.48. The standard InChI is InChI=1S/C13H22N2/c1-8-6-10(3)12(7-9(8)2)13(15-5)11(4)14/h6-7,11,13,15H,14H2,1-5H3. The molecule has 3 N–H and O–H groups in total. The Morgan fingerprint density at radius 2 is 1.60 bits per heavy atom. The maximum Gasteiger partial charge on any atom is 0.0471 e. The summed E-state index contributed by atoms with van der Waals surface area (Å²) in [6.07, 6.45) is 0. The van der Waals surface area contributed by atoms with Gasteiger partial charge in [-0.1, -0.05) is 12.1 Å². The van der Waals surface area contributed by atoms with Gasteiger partial charge < -0.3 is 11.1 Å². The van der Waals surface area contributed by atoms with Gasteiger partial charge in [0.2, 0.25) is 0 Å². The second-order valence-electron chi connectivity index (χ2n) is 4.42. The van der Waals surface area contributed by atoms with E-state index in [0.29, 0.717) is 0 Å². The molecule has 0 radical (unpaired) electrons. The molecule has 2 nitrogen and oxygen atoms in total. The first kappa shape index (κ1) is 12.2. The summed E-state index contributed by atoms with van der Waals surface area (Å²) >= 11 is 0. The molecule has 84 valence electrons. The van der Waals surface area contributed by atoms with Crippen LogP contribution in [-0.2, 0) is 0 Å². The fourth-order valence-electron chi connectivity index (χ4n) is 2.02. The molecule has 0 saturated carbocycles. The van der Waals surface area contributed by atoms with E-state index in [2.05, 4.69) is 38.2 Å². The first-order valence-electron chi connectivity index (χ1n) is 5.48. The van der Waals surface area contributed by atoms with Crippen LogP contribution in [0, 0.1) is 20.8 Å². The summed E-state index contributed by atoms with van der Waals surface area (Å²) in [4.78, 5) is 0. The molecule has 15 heavy (non-hydrogen) atoms. The molecule has 1 rings (SSSR count). The van der Waals surface area contributed by atoms with Gasteiger partial charge in [-0.05, 0) is 57.0 Å². The van der Waals surface area contributed by atoms with Crippen molar-refractivity contribution < 1.29 is 0 Å². The second-order valence-corrected chi connectivity index (χ2v) is 4.42. The molecular weight excluding hydrogens is 184 g/mol. The fraction of sp³-hybridized carbons (Fsp3) is 0.538. The van der Waals surface area contributed by atoms with Gasteiger partial charge in [-0.2, -0.15) is 0 Å². The van der Waals surface area contributed by atoms with Crippen LogP contribution in [0.25, 0.3) is 0 Å². The normalized spacial score (nSPS) is 15.1. The van der Waals surface area contributed by atoms with Crippen molar-refractivity contribution in [3.8, 4) is 0 Å². The van der Waals surface area contributed by atoms with Crippen molar-refractivity contribution in [2.45, 2.75) is 39.8 Å². The van der Waals surface area contributed by atoms with E-state index in [4.69, 9.17) is 5.73 Å². The Kier molecular flexibility index (Phi) is 3.89. The van der Waals surface area contributed by atoms with Crippen LogP contribution in [0.1, 0.15) is 35.2 Å². The van der Waals surface area contributed by atoms with Crippen LogP contribution in [0.2, 0.25) is 0 Å². The highest BCUT2D eigenvalue weighted by Gasteiger charge is 2.16. The van der Waals surface area contributed by atoms with Gasteiger partial charge in [0.05, 0.1) is 0 Å². The number of hydrogen-bond donors (Lipinski definition) is 2. The first-order chi connectivity index (χ1) is 6.97. The molecule has 0 aliphatic heterocycles. The predicted molar refractivity (Wildman–Crippen MR) is 66.1 cm³/mol. The molecule has 2 heteroatoms. The highest BCUT2D eigenvalue weighted by molar-refractivity contribution is 5.38. The topological polar surface area (TPSA) is 38.0 Å². The van der Waals surface area contributed by atoms with E-state index in [0.717, 1.165) is 0 Å². The van der Waals surface area contributed by atoms with Crippen molar-refractivity contribution in [1.82, 2.24) is 5.32 Å². The Bertz CT molecular complexity index is 343. The van der Waals surface area contributed by atoms with Gasteiger partial charge in [0, 0.05) is 12.1 Å². The largest absolute Gasteiger partial charge is 0.326 e. The molecule has 0 bridgehead atoms. The zero-order valence-electron chi connectivity index (χ0n) is 10.4. The van der Waals surface area contributed by atoms with E-state index in [1.807, 2.05) is 14.0 Å². The number of hydrogen-bond acceptors (Lipinski definition) is 2. The van der Waals surface area contributed by atoms with Crippen LogP contribution in [0.4, 0.5) is 0 Å². The maximum absolute atomic E-state index is 5.97. The molecule has 0 saturated heterocycles. The smallest absolute Gasteiger partial charge is 0.0471 e. The lowest BCUT2D eigenvalue weighted by Gasteiger charge is -2.23. The number of aryl methyl sites for hydroxylation is 3. The number of benzene rings is 1. The highest BCUT2D eigenvalue weighted by atomic mass is 14.9. The fourth-order valence-corrected chi connectivity index (χ4v) is 2.02. The Balaban J connectivity index is 3.18. The van der Waals surface area contributed by atoms with Crippen molar-refractivity contribution in [2.75, 3.05) is 7.05 Å². The first-order valence-corrected chi connectivity index (χ1v) is 5.48. The van der Waals surface area contributed by atoms with Crippen LogP contribution in [0.15, 0.2) is 12.1 Å². The van der Waals surface area contributed by atoms with Crippen LogP contribution in [0.3, 0.4) is 0 Å². The van der Waals surface area contributed by atoms with Crippen molar-refractivity contribution >= 4 is 0 Å². The Morgan fingerprint density at radius 3 is 2.07 bits per heavy atom. The quantitative estimate of drug-likeness (QED) is 0.796. The minimum atomic E-state index is 0.121. The average molecular weight is 206 g/mol. The van der Waals surface area contributed by atoms with Crippen LogP contribution in [-0.4, -0.2) is 13.1 Å². The molecule has 1 aromatic carbocycles. The van der Waals surface area contributed by atoms with Gasteiger partial charge in [-0.15, -0.1) is 0 Å². The highest BCUT2D eigenvalue weighted by Crippen LogP contribution is 2.23. The van der Waals surface area contributed by atoms with E-state index < -0.39 is 0 Å². The molecule has 0 amide bonds. The van der Waals surface area contributed by atoms with Crippen molar-refractivity contribution in [2.24, 2.45) is 5.73 Å². The van der Waals surface area contributed by atoms with E-state index in [1.54, 1.807) is 0 Å². The zero-order chi connectivity index (χ0) is 11.6. The zero-order valence-corrected chi connectivity index (χ0v) is 10.4. The summed E-state index contributed by atoms with van der Waals surface area (Å²) in [7, 11) is 1.96. The summed E-state index contributed by atoms with van der Waals surface area (Å²) in [5, 5.41) is 3.28. The summed E-state index contributed by atoms with van der Waals surface area (Å²) in [6, 6.07) is 4.84. The minimum absolute atomic E-state index is 0.121. The van der Waals surface area contributed by atoms with Gasteiger partial charge in [-0.3, -0.25) is 0 Å². The van der Waals surface area contributed by atoms with Crippen molar-refractivity contribution in [3.63, 3.8) is 0 Å². The second kappa shape index (κ2) is 4.77. The van der Waals surface area contributed by atoms with Gasteiger partial charge in [0.25, 0.3) is 0 Å². The SMILES string of the molecule is CNC(c1cc(C)c(C)cc1C)C(C)N. The molecule has 0 aromatic heterocycles. The van der Waals surface area contributed by atoms with E-state index in [1.165, 1.54) is 22.3 Å².